The number of anilines is 5. The number of pyridine rings is 1. The Morgan fingerprint density at radius 3 is 2.16 bits per heavy atom. The topological polar surface area (TPSA) is 179 Å². The number of carbonyl (C=O) groups excluding carboxylic acids is 1. The molecule has 5 N–H and O–H groups in total. The summed E-state index contributed by atoms with van der Waals surface area (Å²) in [5.74, 6) is -3.15. The van der Waals surface area contributed by atoms with E-state index in [2.05, 4.69) is 43.0 Å². The molecule has 6 bridgehead atoms. The summed E-state index contributed by atoms with van der Waals surface area (Å²) in [7, 11) is 0. The summed E-state index contributed by atoms with van der Waals surface area (Å²) in [6, 6.07) is 17.7. The van der Waals surface area contributed by atoms with Crippen LogP contribution in [0.4, 0.5) is 60.0 Å². The lowest BCUT2D eigenvalue weighted by Gasteiger charge is -2.32. The average Bonchev–Trinajstić information content (AvgIpc) is 3.13. The Labute approximate surface area is 314 Å². The van der Waals surface area contributed by atoms with Gasteiger partial charge in [0.05, 0.1) is 24.7 Å². The van der Waals surface area contributed by atoms with Crippen LogP contribution in [0.5, 0.6) is 5.75 Å². The van der Waals surface area contributed by atoms with Crippen LogP contribution in [-0.2, 0) is 22.4 Å². The van der Waals surface area contributed by atoms with Crippen LogP contribution in [-0.4, -0.2) is 80.1 Å². The number of nitrogens with zero attached hydrogens (tertiary/aromatic N) is 4. The third-order valence-electron chi connectivity index (χ3n) is 8.00. The summed E-state index contributed by atoms with van der Waals surface area (Å²) >= 11 is 6.39. The average molecular weight is 798 g/mol. The van der Waals surface area contributed by atoms with Crippen LogP contribution < -0.4 is 20.7 Å². The molecule has 2 aliphatic rings. The first-order valence-electron chi connectivity index (χ1n) is 16.5. The van der Waals surface area contributed by atoms with Crippen LogP contribution in [0.1, 0.15) is 30.4 Å². The van der Waals surface area contributed by atoms with E-state index in [4.69, 9.17) is 36.1 Å². The van der Waals surface area contributed by atoms with Gasteiger partial charge in [0.2, 0.25) is 5.95 Å². The minimum Gasteiger partial charge on any atom is -0.493 e. The number of carbonyl (C=O) groups is 3. The van der Waals surface area contributed by atoms with Crippen molar-refractivity contribution in [3.8, 4) is 5.75 Å². The predicted octanol–water partition coefficient (Wildman–Crippen LogP) is 8.09. The van der Waals surface area contributed by atoms with Gasteiger partial charge in [-0.1, -0.05) is 29.8 Å². The lowest BCUT2D eigenvalue weighted by molar-refractivity contribution is -0.193. The van der Waals surface area contributed by atoms with Gasteiger partial charge in [0.25, 0.3) is 0 Å². The number of carboxylic acids is 2. The molecule has 2 aromatic carbocycles. The van der Waals surface area contributed by atoms with E-state index in [0.29, 0.717) is 29.3 Å². The number of benzene rings is 2. The molecule has 13 nitrogen and oxygen atoms in total. The zero-order valence-electron chi connectivity index (χ0n) is 28.6. The molecule has 2 amide bonds. The molecule has 1 fully saturated rings. The smallest absolute Gasteiger partial charge is 0.490 e. The maximum absolute atomic E-state index is 12.6. The molecule has 294 valence electrons. The van der Waals surface area contributed by atoms with Crippen LogP contribution in [0, 0.1) is 5.92 Å². The number of nitrogens with one attached hydrogen (secondary N) is 3. The SMILES string of the molecule is O=C(Nc1ccccc1)N1CCC(CCOc2ccc3cc2CCc2cncc(c2)Nc2ncc(Cl)c(n2)N3)CC1.O=C(O)C(F)(F)F.O=C(O)C(F)(F)F. The minimum atomic E-state index is -5.08. The van der Waals surface area contributed by atoms with Gasteiger partial charge in [0.1, 0.15) is 10.8 Å². The lowest BCUT2D eigenvalue weighted by atomic mass is 9.94. The van der Waals surface area contributed by atoms with Gasteiger partial charge in [0.15, 0.2) is 5.82 Å². The Hall–Kier alpha value is -5.85. The maximum atomic E-state index is 12.6. The monoisotopic (exact) mass is 797 g/mol. The second-order valence-electron chi connectivity index (χ2n) is 12.0. The molecule has 0 radical (unpaired) electrons. The van der Waals surface area contributed by atoms with Gasteiger partial charge in [-0.15, -0.1) is 0 Å². The molecule has 0 atom stereocenters. The molecular formula is C35H34ClF6N7O6. The van der Waals surface area contributed by atoms with E-state index in [0.717, 1.165) is 79.1 Å². The molecule has 55 heavy (non-hydrogen) atoms. The lowest BCUT2D eigenvalue weighted by Crippen LogP contribution is -2.41. The zero-order chi connectivity index (χ0) is 40.2. The molecule has 4 heterocycles. The molecule has 2 aliphatic heterocycles. The van der Waals surface area contributed by atoms with Gasteiger partial charge in [0, 0.05) is 30.7 Å². The molecule has 20 heteroatoms. The van der Waals surface area contributed by atoms with E-state index < -0.39 is 24.3 Å². The largest absolute Gasteiger partial charge is 0.493 e. The number of aryl methyl sites for hydroxylation is 2. The fraction of sp³-hybridized carbons (Fsp3) is 0.314. The van der Waals surface area contributed by atoms with Crippen LogP contribution in [0.25, 0.3) is 0 Å². The summed E-state index contributed by atoms with van der Waals surface area (Å²) in [5.41, 5.74) is 4.73. The summed E-state index contributed by atoms with van der Waals surface area (Å²) < 4.78 is 69.8. The second-order valence-corrected chi connectivity index (χ2v) is 12.4. The molecule has 4 aromatic rings. The Morgan fingerprint density at radius 1 is 0.873 bits per heavy atom. The molecule has 0 aliphatic carbocycles. The summed E-state index contributed by atoms with van der Waals surface area (Å²) in [4.78, 5) is 45.5. The predicted molar refractivity (Wildman–Crippen MR) is 189 cm³/mol. The molecular weight excluding hydrogens is 764 g/mol. The number of aliphatic carboxylic acids is 2. The van der Waals surface area contributed by atoms with E-state index in [1.54, 1.807) is 12.4 Å². The molecule has 2 aromatic heterocycles. The van der Waals surface area contributed by atoms with Gasteiger partial charge >= 0.3 is 30.3 Å². The van der Waals surface area contributed by atoms with E-state index >= 15 is 0 Å². The first-order chi connectivity index (χ1) is 26.0. The first-order valence-corrected chi connectivity index (χ1v) is 16.8. The van der Waals surface area contributed by atoms with Crippen LogP contribution in [0.15, 0.2) is 73.2 Å². The molecule has 0 spiro atoms. The number of hydrogen-bond donors (Lipinski definition) is 5. The Kier molecular flexibility index (Phi) is 14.4. The van der Waals surface area contributed by atoms with Crippen molar-refractivity contribution in [2.75, 3.05) is 35.6 Å². The molecule has 0 unspecified atom stereocenters. The van der Waals surface area contributed by atoms with Crippen molar-refractivity contribution in [2.24, 2.45) is 5.92 Å². The molecule has 0 saturated carbocycles. The van der Waals surface area contributed by atoms with E-state index in [1.807, 2.05) is 53.6 Å². The third kappa shape index (κ3) is 13.5. The van der Waals surface area contributed by atoms with Crippen molar-refractivity contribution in [3.63, 3.8) is 0 Å². The number of para-hydroxylation sites is 1. The number of ether oxygens (including phenoxy) is 1. The van der Waals surface area contributed by atoms with Crippen molar-refractivity contribution < 1.29 is 55.7 Å². The van der Waals surface area contributed by atoms with E-state index in [1.165, 1.54) is 0 Å². The highest BCUT2D eigenvalue weighted by molar-refractivity contribution is 6.32. The molecule has 6 rings (SSSR count). The van der Waals surface area contributed by atoms with Crippen LogP contribution in [0.2, 0.25) is 5.02 Å². The number of amides is 2. The fourth-order valence-electron chi connectivity index (χ4n) is 5.23. The summed E-state index contributed by atoms with van der Waals surface area (Å²) in [5, 5.41) is 24.2. The third-order valence-corrected chi connectivity index (χ3v) is 8.27. The Morgan fingerprint density at radius 2 is 1.53 bits per heavy atom. The van der Waals surface area contributed by atoms with Gasteiger partial charge < -0.3 is 35.8 Å². The second kappa shape index (κ2) is 19.0. The van der Waals surface area contributed by atoms with Gasteiger partial charge in [-0.25, -0.2) is 19.4 Å². The number of aromatic nitrogens is 3. The van der Waals surface area contributed by atoms with Crippen LogP contribution >= 0.6 is 11.6 Å². The van der Waals surface area contributed by atoms with Crippen molar-refractivity contribution in [1.82, 2.24) is 19.9 Å². The summed E-state index contributed by atoms with van der Waals surface area (Å²) in [6.45, 7) is 2.14. The number of rotatable bonds is 5. The zero-order valence-corrected chi connectivity index (χ0v) is 29.4. The number of fused-ring (bicyclic) bond motifs is 6. The van der Waals surface area contributed by atoms with Crippen LogP contribution in [0.3, 0.4) is 0 Å². The van der Waals surface area contributed by atoms with Gasteiger partial charge in [-0.2, -0.15) is 31.3 Å². The van der Waals surface area contributed by atoms with Crippen molar-refractivity contribution in [3.05, 3.63) is 89.3 Å². The quantitative estimate of drug-likeness (QED) is 0.123. The van der Waals surface area contributed by atoms with Crippen molar-refractivity contribution >= 4 is 58.4 Å². The normalized spacial score (nSPS) is 14.0. The van der Waals surface area contributed by atoms with Crippen molar-refractivity contribution in [1.29, 1.82) is 0 Å². The van der Waals surface area contributed by atoms with Gasteiger partial charge in [-0.3, -0.25) is 4.98 Å². The number of hydrogen-bond acceptors (Lipinski definition) is 9. The first kappa shape index (κ1) is 41.9. The van der Waals surface area contributed by atoms with E-state index in [9.17, 15) is 31.1 Å². The highest BCUT2D eigenvalue weighted by Crippen LogP contribution is 2.31. The van der Waals surface area contributed by atoms with Gasteiger partial charge in [-0.05, 0) is 85.5 Å². The Balaban J connectivity index is 0.000000410. The van der Waals surface area contributed by atoms with E-state index in [-0.39, 0.29) is 6.03 Å². The van der Waals surface area contributed by atoms with Crippen molar-refractivity contribution in [2.45, 2.75) is 44.5 Å². The highest BCUT2D eigenvalue weighted by atomic mass is 35.5. The number of piperidine rings is 1. The summed E-state index contributed by atoms with van der Waals surface area (Å²) in [6.07, 6.45) is -0.454. The number of carboxylic acid groups (broad SMARTS) is 2. The highest BCUT2D eigenvalue weighted by Gasteiger charge is 2.39. The maximum Gasteiger partial charge on any atom is 0.490 e. The number of urea groups is 1. The Bertz CT molecular complexity index is 1910. The number of halogens is 7. The fourth-order valence-corrected chi connectivity index (χ4v) is 5.37. The number of alkyl halides is 6. The minimum absolute atomic E-state index is 0.0319. The molecule has 1 saturated heterocycles. The number of likely N-dealkylation sites (tertiary alicyclic amines) is 1. The standard InChI is InChI=1S/C31H32ClN7O2.2C2HF3O2/c32-27-20-34-30-36-26-16-22(18-33-19-26)6-7-23-17-25(35-29(27)38-30)8-9-28(23)41-15-12-21-10-13-39(14-11-21)31(40)37-24-4-2-1-3-5-24;2*3-2(4,5)1(6)7/h1-5,8-9,16-21H,6-7,10-15H2,(H,37,40)(H2,34,35,36,38);2*(H,6,7).